The highest BCUT2D eigenvalue weighted by molar-refractivity contribution is 5.82. The van der Waals surface area contributed by atoms with Gasteiger partial charge in [-0.05, 0) is 33.8 Å². The first-order chi connectivity index (χ1) is 8.42. The fourth-order valence-electron chi connectivity index (χ4n) is 0.888. The zero-order valence-electron chi connectivity index (χ0n) is 11.3. The Kier molecular flexibility index (Phi) is 5.80. The van der Waals surface area contributed by atoms with Gasteiger partial charge in [0.1, 0.15) is 11.3 Å². The number of nitrogens with zero attached hydrogens (tertiary/aromatic N) is 1. The first kappa shape index (κ1) is 17.2. The van der Waals surface area contributed by atoms with E-state index >= 15 is 0 Å². The van der Waals surface area contributed by atoms with Gasteiger partial charge >= 0.3 is 12.3 Å². The molecule has 0 rings (SSSR count). The molecule has 7 heteroatoms. The van der Waals surface area contributed by atoms with Gasteiger partial charge < -0.3 is 4.74 Å². The number of ether oxygens (including phenoxy) is 1. The minimum atomic E-state index is -4.62. The zero-order chi connectivity index (χ0) is 15.3. The number of rotatable bonds is 3. The topological polar surface area (TPSA) is 50.7 Å². The van der Waals surface area contributed by atoms with Crippen LogP contribution in [0.3, 0.4) is 0 Å². The Morgan fingerprint density at radius 2 is 1.84 bits per heavy atom. The van der Waals surface area contributed by atoms with Gasteiger partial charge in [0.25, 0.3) is 0 Å². The lowest BCUT2D eigenvalue weighted by atomic mass is 10.2. The average Bonchev–Trinajstić information content (AvgIpc) is 2.10. The number of hydrogen-bond acceptors (Lipinski definition) is 3. The molecule has 0 aromatic heterocycles. The molecular formula is C12H17F3N2O2. The van der Waals surface area contributed by atoms with Gasteiger partial charge in [0.15, 0.2) is 0 Å². The molecule has 0 saturated carbocycles. The lowest BCUT2D eigenvalue weighted by molar-refractivity contribution is -0.0923. The SMILES string of the molecule is C=C(C)/C=C(\N=CNC(=O)OC(C)(C)C)C(F)(F)F. The van der Waals surface area contributed by atoms with Crippen molar-refractivity contribution in [1.29, 1.82) is 0 Å². The molecule has 0 fully saturated rings. The summed E-state index contributed by atoms with van der Waals surface area (Å²) >= 11 is 0. The highest BCUT2D eigenvalue weighted by atomic mass is 19.4. The number of hydrogen-bond donors (Lipinski definition) is 1. The summed E-state index contributed by atoms with van der Waals surface area (Å²) in [5, 5.41) is 1.99. The largest absolute Gasteiger partial charge is 0.444 e. The number of carbonyl (C=O) groups excluding carboxylic acids is 1. The van der Waals surface area contributed by atoms with Gasteiger partial charge in [0.05, 0.1) is 6.34 Å². The van der Waals surface area contributed by atoms with Gasteiger partial charge in [-0.1, -0.05) is 12.2 Å². The Bertz CT molecular complexity index is 404. The molecule has 0 atom stereocenters. The van der Waals surface area contributed by atoms with Gasteiger partial charge in [-0.3, -0.25) is 5.32 Å². The molecule has 0 spiro atoms. The first-order valence-electron chi connectivity index (χ1n) is 5.38. The van der Waals surface area contributed by atoms with Crippen LogP contribution in [0.4, 0.5) is 18.0 Å². The third-order valence-corrected chi connectivity index (χ3v) is 1.46. The van der Waals surface area contributed by atoms with Crippen molar-refractivity contribution in [1.82, 2.24) is 5.32 Å². The molecule has 0 bridgehead atoms. The minimum Gasteiger partial charge on any atom is -0.444 e. The van der Waals surface area contributed by atoms with Crippen LogP contribution in [0, 0.1) is 0 Å². The van der Waals surface area contributed by atoms with Crippen molar-refractivity contribution in [2.75, 3.05) is 0 Å². The summed E-state index contributed by atoms with van der Waals surface area (Å²) in [5.41, 5.74) is -1.70. The van der Waals surface area contributed by atoms with Gasteiger partial charge in [-0.25, -0.2) is 9.79 Å². The predicted octanol–water partition coefficient (Wildman–Crippen LogP) is 3.56. The molecule has 0 unspecified atom stereocenters. The number of halogens is 3. The van der Waals surface area contributed by atoms with E-state index in [0.717, 1.165) is 6.08 Å². The maximum atomic E-state index is 12.5. The second-order valence-electron chi connectivity index (χ2n) is 4.78. The maximum Gasteiger partial charge on any atom is 0.433 e. The zero-order valence-corrected chi connectivity index (χ0v) is 11.3. The standard InChI is InChI=1S/C12H17F3N2O2/c1-8(2)6-9(12(13,14)15)16-7-17-10(18)19-11(3,4)5/h6-7H,1H2,2-5H3,(H,16,17,18)/b9-6-. The second-order valence-corrected chi connectivity index (χ2v) is 4.78. The Morgan fingerprint density at radius 1 is 1.32 bits per heavy atom. The molecular weight excluding hydrogens is 261 g/mol. The van der Waals surface area contributed by atoms with Crippen LogP contribution in [-0.2, 0) is 4.74 Å². The molecule has 1 amide bonds. The highest BCUT2D eigenvalue weighted by Gasteiger charge is 2.33. The lowest BCUT2D eigenvalue weighted by Gasteiger charge is -2.18. The summed E-state index contributed by atoms with van der Waals surface area (Å²) in [7, 11) is 0. The normalized spacial score (nSPS) is 13.5. The van der Waals surface area contributed by atoms with Crippen molar-refractivity contribution in [3.05, 3.63) is 23.9 Å². The number of aliphatic imine (C=N–C) groups is 1. The van der Waals surface area contributed by atoms with Gasteiger partial charge in [-0.15, -0.1) is 0 Å². The molecule has 0 aromatic carbocycles. The van der Waals surface area contributed by atoms with Crippen LogP contribution in [0.25, 0.3) is 0 Å². The summed E-state index contributed by atoms with van der Waals surface area (Å²) < 4.78 is 42.4. The number of carbonyl (C=O) groups is 1. The summed E-state index contributed by atoms with van der Waals surface area (Å²) in [4.78, 5) is 14.3. The third kappa shape index (κ3) is 8.87. The van der Waals surface area contributed by atoms with E-state index in [1.165, 1.54) is 6.92 Å². The van der Waals surface area contributed by atoms with Gasteiger partial charge in [-0.2, -0.15) is 13.2 Å². The van der Waals surface area contributed by atoms with Crippen LogP contribution in [-0.4, -0.2) is 24.2 Å². The average molecular weight is 278 g/mol. The number of allylic oxidation sites excluding steroid dienone is 3. The highest BCUT2D eigenvalue weighted by Crippen LogP contribution is 2.27. The molecule has 0 aromatic rings. The molecule has 0 aliphatic heterocycles. The van der Waals surface area contributed by atoms with Crippen molar-refractivity contribution < 1.29 is 22.7 Å². The van der Waals surface area contributed by atoms with Crippen LogP contribution >= 0.6 is 0 Å². The smallest absolute Gasteiger partial charge is 0.433 e. The first-order valence-corrected chi connectivity index (χ1v) is 5.38. The fourth-order valence-corrected chi connectivity index (χ4v) is 0.888. The summed E-state index contributed by atoms with van der Waals surface area (Å²) in [6.45, 7) is 9.64. The van der Waals surface area contributed by atoms with Crippen molar-refractivity contribution >= 4 is 12.4 Å². The lowest BCUT2D eigenvalue weighted by Crippen LogP contribution is -2.31. The monoisotopic (exact) mass is 278 g/mol. The van der Waals surface area contributed by atoms with Crippen LogP contribution in [0.2, 0.25) is 0 Å². The number of nitrogens with one attached hydrogen (secondary N) is 1. The quantitative estimate of drug-likeness (QED) is 0.487. The van der Waals surface area contributed by atoms with E-state index in [1.807, 2.05) is 5.32 Å². The third-order valence-electron chi connectivity index (χ3n) is 1.46. The minimum absolute atomic E-state index is 0.196. The molecule has 1 N–H and O–H groups in total. The van der Waals surface area contributed by atoms with Crippen molar-refractivity contribution in [2.45, 2.75) is 39.5 Å². The number of alkyl halides is 3. The summed E-state index contributed by atoms with van der Waals surface area (Å²) in [6, 6.07) is 0. The fraction of sp³-hybridized carbons (Fsp3) is 0.500. The van der Waals surface area contributed by atoms with E-state index in [2.05, 4.69) is 11.6 Å². The number of amides is 1. The van der Waals surface area contributed by atoms with Crippen LogP contribution < -0.4 is 5.32 Å². The molecule has 0 aliphatic carbocycles. The summed E-state index contributed by atoms with van der Waals surface area (Å²) in [6.07, 6.45) is -4.10. The summed E-state index contributed by atoms with van der Waals surface area (Å²) in [5.74, 6) is 0. The molecule has 19 heavy (non-hydrogen) atoms. The molecule has 0 saturated heterocycles. The van der Waals surface area contributed by atoms with Crippen molar-refractivity contribution in [3.8, 4) is 0 Å². The molecule has 4 nitrogen and oxygen atoms in total. The Balaban J connectivity index is 4.68. The molecule has 0 radical (unpaired) electrons. The van der Waals surface area contributed by atoms with Gasteiger partial charge in [0, 0.05) is 0 Å². The Labute approximate surface area is 110 Å². The van der Waals surface area contributed by atoms with E-state index in [9.17, 15) is 18.0 Å². The molecule has 0 heterocycles. The Morgan fingerprint density at radius 3 is 2.21 bits per heavy atom. The van der Waals surface area contributed by atoms with Crippen LogP contribution in [0.15, 0.2) is 28.9 Å². The van der Waals surface area contributed by atoms with E-state index < -0.39 is 23.6 Å². The number of alkyl carbamates (subject to hydrolysis) is 1. The van der Waals surface area contributed by atoms with E-state index in [1.54, 1.807) is 20.8 Å². The maximum absolute atomic E-state index is 12.5. The Hall–Kier alpha value is -1.79. The van der Waals surface area contributed by atoms with Crippen molar-refractivity contribution in [3.63, 3.8) is 0 Å². The predicted molar refractivity (Wildman–Crippen MR) is 66.8 cm³/mol. The molecule has 108 valence electrons. The van der Waals surface area contributed by atoms with Crippen LogP contribution in [0.5, 0.6) is 0 Å². The second kappa shape index (κ2) is 6.40. The van der Waals surface area contributed by atoms with E-state index in [0.29, 0.717) is 6.34 Å². The van der Waals surface area contributed by atoms with Gasteiger partial charge in [0.2, 0.25) is 0 Å². The van der Waals surface area contributed by atoms with Crippen molar-refractivity contribution in [2.24, 2.45) is 4.99 Å². The van der Waals surface area contributed by atoms with Crippen LogP contribution in [0.1, 0.15) is 27.7 Å². The van der Waals surface area contributed by atoms with E-state index in [4.69, 9.17) is 4.74 Å². The molecule has 0 aliphatic rings. The van der Waals surface area contributed by atoms with E-state index in [-0.39, 0.29) is 5.57 Å².